The Balaban J connectivity index is 0.000000148. The van der Waals surface area contributed by atoms with E-state index in [9.17, 15) is 20.2 Å². The summed E-state index contributed by atoms with van der Waals surface area (Å²) in [7, 11) is 2.82. The van der Waals surface area contributed by atoms with Gasteiger partial charge in [0, 0.05) is 11.1 Å². The van der Waals surface area contributed by atoms with E-state index in [1.165, 1.54) is 26.4 Å². The predicted molar refractivity (Wildman–Crippen MR) is 124 cm³/mol. The lowest BCUT2D eigenvalue weighted by Crippen LogP contribution is -2.37. The van der Waals surface area contributed by atoms with Gasteiger partial charge in [0.05, 0.1) is 36.2 Å². The molecule has 4 aliphatic rings. The van der Waals surface area contributed by atoms with Gasteiger partial charge in [-0.15, -0.1) is 0 Å². The molecule has 0 N–H and O–H groups in total. The number of nitro groups is 2. The Labute approximate surface area is 206 Å². The first-order valence-electron chi connectivity index (χ1n) is 11.3. The van der Waals surface area contributed by atoms with Crippen LogP contribution in [0, 0.1) is 20.2 Å². The minimum absolute atomic E-state index is 0.0103. The largest absolute Gasteiger partial charge is 0.490 e. The molecule has 36 heavy (non-hydrogen) atoms. The van der Waals surface area contributed by atoms with Gasteiger partial charge in [0.25, 0.3) is 0 Å². The molecule has 2 aromatic carbocycles. The van der Waals surface area contributed by atoms with Gasteiger partial charge in [0.2, 0.25) is 0 Å². The highest BCUT2D eigenvalue weighted by Gasteiger charge is 2.58. The van der Waals surface area contributed by atoms with Crippen LogP contribution in [0.1, 0.15) is 51.0 Å². The maximum absolute atomic E-state index is 11.0. The highest BCUT2D eigenvalue weighted by molar-refractivity contribution is 5.59. The minimum Gasteiger partial charge on any atom is -0.490 e. The van der Waals surface area contributed by atoms with Gasteiger partial charge in [-0.25, -0.2) is 0 Å². The van der Waals surface area contributed by atoms with Crippen molar-refractivity contribution in [2.24, 2.45) is 0 Å². The molecule has 0 aromatic heterocycles. The van der Waals surface area contributed by atoms with Crippen LogP contribution in [0.3, 0.4) is 0 Å². The predicted octanol–water partition coefficient (Wildman–Crippen LogP) is 4.43. The molecule has 12 nitrogen and oxygen atoms in total. The average Bonchev–Trinajstić information content (AvgIpc) is 3.70. The lowest BCUT2D eigenvalue weighted by atomic mass is 9.94. The summed E-state index contributed by atoms with van der Waals surface area (Å²) in [6, 6.07) is 6.09. The minimum atomic E-state index is -0.477. The van der Waals surface area contributed by atoms with E-state index in [1.54, 1.807) is 12.1 Å². The molecule has 2 unspecified atom stereocenters. The van der Waals surface area contributed by atoms with Crippen LogP contribution in [0.4, 0.5) is 11.4 Å². The lowest BCUT2D eigenvalue weighted by Gasteiger charge is -2.29. The fraction of sp³-hybridized carbons (Fsp3) is 0.500. The Kier molecular flexibility index (Phi) is 5.31. The van der Waals surface area contributed by atoms with Crippen molar-refractivity contribution in [3.05, 3.63) is 55.6 Å². The Morgan fingerprint density at radius 1 is 0.722 bits per heavy atom. The monoisotopic (exact) mass is 502 g/mol. The van der Waals surface area contributed by atoms with Gasteiger partial charge in [-0.1, -0.05) is 0 Å². The average molecular weight is 502 g/mol. The summed E-state index contributed by atoms with van der Waals surface area (Å²) in [5.41, 5.74) is 0.543. The van der Waals surface area contributed by atoms with Gasteiger partial charge in [-0.3, -0.25) is 20.2 Å². The van der Waals surface area contributed by atoms with E-state index in [-0.39, 0.29) is 47.3 Å². The standard InChI is InChI=1S/2C12H13NO5/c2*1-12(2)11-10(17-11)6-4-9(16-3)7(13(14)15)5-8(6)18-12/h2*4-5,10-11H,1-3H3/t10-,11-;/m1./s1. The van der Waals surface area contributed by atoms with Crippen molar-refractivity contribution in [2.75, 3.05) is 14.2 Å². The van der Waals surface area contributed by atoms with E-state index in [0.717, 1.165) is 11.1 Å². The summed E-state index contributed by atoms with van der Waals surface area (Å²) in [6.45, 7) is 7.65. The molecule has 192 valence electrons. The maximum Gasteiger partial charge on any atom is 0.314 e. The second-order valence-corrected chi connectivity index (χ2v) is 10.0. The van der Waals surface area contributed by atoms with E-state index in [2.05, 4.69) is 0 Å². The third-order valence-corrected chi connectivity index (χ3v) is 6.73. The van der Waals surface area contributed by atoms with Gasteiger partial charge in [0.1, 0.15) is 47.1 Å². The van der Waals surface area contributed by atoms with Crippen LogP contribution in [0.5, 0.6) is 23.0 Å². The number of hydrogen-bond donors (Lipinski definition) is 0. The molecular formula is C24H26N2O10. The van der Waals surface area contributed by atoms with E-state index in [4.69, 9.17) is 28.4 Å². The first-order valence-corrected chi connectivity index (χ1v) is 11.3. The van der Waals surface area contributed by atoms with Gasteiger partial charge in [-0.05, 0) is 39.8 Å². The number of nitro benzene ring substituents is 2. The van der Waals surface area contributed by atoms with Crippen molar-refractivity contribution >= 4 is 11.4 Å². The summed E-state index contributed by atoms with van der Waals surface area (Å²) < 4.78 is 32.8. The van der Waals surface area contributed by atoms with Crippen LogP contribution >= 0.6 is 0 Å². The quantitative estimate of drug-likeness (QED) is 0.334. The first-order chi connectivity index (χ1) is 16.9. The second kappa shape index (κ2) is 7.93. The van der Waals surface area contributed by atoms with Crippen LogP contribution < -0.4 is 18.9 Å². The number of rotatable bonds is 4. The Morgan fingerprint density at radius 2 is 1.08 bits per heavy atom. The Morgan fingerprint density at radius 3 is 1.39 bits per heavy atom. The fourth-order valence-corrected chi connectivity index (χ4v) is 4.80. The number of epoxide rings is 2. The van der Waals surface area contributed by atoms with Crippen LogP contribution in [0.2, 0.25) is 0 Å². The fourth-order valence-electron chi connectivity index (χ4n) is 4.80. The molecule has 6 rings (SSSR count). The molecule has 4 aliphatic heterocycles. The van der Waals surface area contributed by atoms with Crippen molar-refractivity contribution in [2.45, 2.75) is 63.3 Å². The zero-order chi connectivity index (χ0) is 26.2. The van der Waals surface area contributed by atoms with E-state index in [1.807, 2.05) is 27.7 Å². The summed E-state index contributed by atoms with van der Waals surface area (Å²) in [5.74, 6) is 1.48. The van der Waals surface area contributed by atoms with Crippen LogP contribution in [0.15, 0.2) is 24.3 Å². The van der Waals surface area contributed by atoms with Gasteiger partial charge < -0.3 is 28.4 Å². The second-order valence-electron chi connectivity index (χ2n) is 10.0. The summed E-state index contributed by atoms with van der Waals surface area (Å²) in [6.07, 6.45) is -0.0655. The first kappa shape index (κ1) is 24.1. The molecule has 2 saturated heterocycles. The third-order valence-electron chi connectivity index (χ3n) is 6.73. The van der Waals surface area contributed by atoms with Crippen LogP contribution in [-0.2, 0) is 9.47 Å². The van der Waals surface area contributed by atoms with Crippen LogP contribution in [0.25, 0.3) is 0 Å². The number of fused-ring (bicyclic) bond motifs is 6. The topological polar surface area (TPSA) is 148 Å². The Hall–Kier alpha value is -3.64. The van der Waals surface area contributed by atoms with Gasteiger partial charge in [-0.2, -0.15) is 0 Å². The zero-order valence-electron chi connectivity index (χ0n) is 20.6. The van der Waals surface area contributed by atoms with E-state index >= 15 is 0 Å². The number of ether oxygens (including phenoxy) is 6. The smallest absolute Gasteiger partial charge is 0.314 e. The highest BCUT2D eigenvalue weighted by atomic mass is 16.7. The van der Waals surface area contributed by atoms with Crippen molar-refractivity contribution in [3.63, 3.8) is 0 Å². The van der Waals surface area contributed by atoms with Gasteiger partial charge in [0.15, 0.2) is 11.5 Å². The van der Waals surface area contributed by atoms with Crippen molar-refractivity contribution in [1.29, 1.82) is 0 Å². The molecule has 0 amide bonds. The number of nitrogens with zero attached hydrogens (tertiary/aromatic N) is 2. The molecule has 0 aliphatic carbocycles. The summed E-state index contributed by atoms with van der Waals surface area (Å²) >= 11 is 0. The number of hydrogen-bond acceptors (Lipinski definition) is 10. The summed E-state index contributed by atoms with van der Waals surface area (Å²) in [4.78, 5) is 21.0. The highest BCUT2D eigenvalue weighted by Crippen LogP contribution is 2.56. The van der Waals surface area contributed by atoms with Crippen LogP contribution in [-0.4, -0.2) is 47.5 Å². The normalized spacial score (nSPS) is 26.6. The van der Waals surface area contributed by atoms with Gasteiger partial charge >= 0.3 is 11.4 Å². The molecule has 2 aromatic rings. The lowest BCUT2D eigenvalue weighted by molar-refractivity contribution is -0.386. The molecule has 0 saturated carbocycles. The maximum atomic E-state index is 11.0. The molecule has 0 bridgehead atoms. The zero-order valence-corrected chi connectivity index (χ0v) is 20.6. The number of methoxy groups -OCH3 is 2. The third kappa shape index (κ3) is 3.86. The Bertz CT molecular complexity index is 1180. The molecule has 2 fully saturated rings. The molecule has 4 heterocycles. The summed E-state index contributed by atoms with van der Waals surface area (Å²) in [5, 5.41) is 21.9. The number of benzene rings is 2. The molecular weight excluding hydrogens is 476 g/mol. The van der Waals surface area contributed by atoms with E-state index < -0.39 is 21.0 Å². The van der Waals surface area contributed by atoms with Crippen molar-refractivity contribution in [1.82, 2.24) is 0 Å². The SMILES string of the molecule is COc1cc2c(cc1[N+](=O)[O-])OC(C)(C)C1OC21.COc1cc2c(cc1[N+](=O)[O-])OC(C)(C)[C@@H]1O[C@H]21. The van der Waals surface area contributed by atoms with E-state index in [0.29, 0.717) is 11.5 Å². The molecule has 4 atom stereocenters. The molecule has 12 heteroatoms. The van der Waals surface area contributed by atoms with Crippen molar-refractivity contribution < 1.29 is 38.3 Å². The van der Waals surface area contributed by atoms with Crippen molar-refractivity contribution in [3.8, 4) is 23.0 Å². The molecule has 0 radical (unpaired) electrons. The molecule has 0 spiro atoms.